The number of nitro groups is 1. The van der Waals surface area contributed by atoms with Gasteiger partial charge in [-0.3, -0.25) is 10.1 Å². The average molecular weight is 249 g/mol. The van der Waals surface area contributed by atoms with E-state index in [4.69, 9.17) is 0 Å². The Kier molecular flexibility index (Phi) is 4.66. The minimum absolute atomic E-state index is 0.150. The summed E-state index contributed by atoms with van der Waals surface area (Å²) in [5.41, 5.74) is 1.25. The second kappa shape index (κ2) is 6.47. The van der Waals surface area contributed by atoms with Gasteiger partial charge in [0.25, 0.3) is 5.69 Å². The number of hydrogen-bond donors (Lipinski definition) is 2. The Morgan fingerprint density at radius 1 is 1.28 bits per heavy atom. The van der Waals surface area contributed by atoms with Gasteiger partial charge in [0, 0.05) is 24.7 Å². The Hall–Kier alpha value is -1.46. The first-order valence-electron chi connectivity index (χ1n) is 6.43. The fourth-order valence-electron chi connectivity index (χ4n) is 2.22. The summed E-state index contributed by atoms with van der Waals surface area (Å²) in [5.74, 6) is 0. The van der Waals surface area contributed by atoms with E-state index in [9.17, 15) is 10.1 Å². The number of nitrogens with zero attached hydrogens (tertiary/aromatic N) is 1. The molecular formula is C13H19N3O2. The Labute approximate surface area is 107 Å². The Morgan fingerprint density at radius 2 is 2.06 bits per heavy atom. The van der Waals surface area contributed by atoms with E-state index in [1.54, 1.807) is 12.1 Å². The van der Waals surface area contributed by atoms with Crippen molar-refractivity contribution in [3.8, 4) is 0 Å². The predicted molar refractivity (Wildman–Crippen MR) is 70.4 cm³/mol. The van der Waals surface area contributed by atoms with Crippen molar-refractivity contribution in [2.75, 3.05) is 13.1 Å². The Bertz CT molecular complexity index is 384. The van der Waals surface area contributed by atoms with Crippen LogP contribution in [0.15, 0.2) is 24.3 Å². The predicted octanol–water partition coefficient (Wildman–Crippen LogP) is 1.83. The number of rotatable bonds is 4. The number of nitrogens with one attached hydrogen (secondary N) is 2. The summed E-state index contributed by atoms with van der Waals surface area (Å²) in [6.07, 6.45) is 3.55. The van der Waals surface area contributed by atoms with Gasteiger partial charge in [0.05, 0.1) is 4.92 Å². The first-order chi connectivity index (χ1) is 8.75. The molecule has 0 aliphatic carbocycles. The van der Waals surface area contributed by atoms with Gasteiger partial charge in [-0.25, -0.2) is 0 Å². The van der Waals surface area contributed by atoms with Crippen LogP contribution >= 0.6 is 0 Å². The number of nitro benzene ring substituents is 1. The molecule has 5 nitrogen and oxygen atoms in total. The zero-order valence-corrected chi connectivity index (χ0v) is 10.4. The van der Waals surface area contributed by atoms with Gasteiger partial charge in [-0.05, 0) is 37.9 Å². The minimum Gasteiger partial charge on any atom is -0.317 e. The van der Waals surface area contributed by atoms with Gasteiger partial charge in [0.15, 0.2) is 0 Å². The van der Waals surface area contributed by atoms with E-state index in [2.05, 4.69) is 10.6 Å². The van der Waals surface area contributed by atoms with Crippen molar-refractivity contribution in [1.82, 2.24) is 10.6 Å². The summed E-state index contributed by atoms with van der Waals surface area (Å²) in [6, 6.07) is 7.31. The molecule has 0 amide bonds. The lowest BCUT2D eigenvalue weighted by Gasteiger charge is -2.15. The van der Waals surface area contributed by atoms with E-state index in [1.165, 1.54) is 12.8 Å². The summed E-state index contributed by atoms with van der Waals surface area (Å²) in [7, 11) is 0. The molecule has 1 aliphatic rings. The van der Waals surface area contributed by atoms with Crippen LogP contribution in [0.3, 0.4) is 0 Å². The molecule has 0 bridgehead atoms. The van der Waals surface area contributed by atoms with Gasteiger partial charge in [0.2, 0.25) is 0 Å². The van der Waals surface area contributed by atoms with Crippen molar-refractivity contribution in [3.05, 3.63) is 39.9 Å². The molecule has 1 aromatic rings. The van der Waals surface area contributed by atoms with Crippen molar-refractivity contribution in [2.24, 2.45) is 0 Å². The second-order valence-corrected chi connectivity index (χ2v) is 4.68. The molecule has 1 aliphatic heterocycles. The van der Waals surface area contributed by atoms with E-state index < -0.39 is 0 Å². The van der Waals surface area contributed by atoms with Gasteiger partial charge >= 0.3 is 0 Å². The normalized spacial score (nSPS) is 20.3. The zero-order valence-electron chi connectivity index (χ0n) is 10.4. The second-order valence-electron chi connectivity index (χ2n) is 4.68. The summed E-state index contributed by atoms with van der Waals surface area (Å²) >= 11 is 0. The first kappa shape index (κ1) is 13.0. The lowest BCUT2D eigenvalue weighted by molar-refractivity contribution is -0.384. The number of non-ortho nitro benzene ring substituents is 1. The standard InChI is InChI=1S/C13H19N3O2/c17-16(18)13-5-3-11(4-6-13)10-15-12-2-1-8-14-9-7-12/h3-6,12,14-15H,1-2,7-10H2. The third kappa shape index (κ3) is 3.78. The molecule has 98 valence electrons. The largest absolute Gasteiger partial charge is 0.317 e. The molecule has 1 saturated heterocycles. The fraction of sp³-hybridized carbons (Fsp3) is 0.538. The molecule has 5 heteroatoms. The van der Waals surface area contributed by atoms with E-state index in [-0.39, 0.29) is 10.6 Å². The SMILES string of the molecule is O=[N+]([O-])c1ccc(CNC2CCCNCC2)cc1. The molecule has 1 aromatic carbocycles. The molecule has 0 aromatic heterocycles. The van der Waals surface area contributed by atoms with E-state index in [1.807, 2.05) is 12.1 Å². The molecule has 2 rings (SSSR count). The molecule has 18 heavy (non-hydrogen) atoms. The Morgan fingerprint density at radius 3 is 2.78 bits per heavy atom. The average Bonchev–Trinajstić information content (AvgIpc) is 2.65. The molecule has 1 unspecified atom stereocenters. The zero-order chi connectivity index (χ0) is 12.8. The fourth-order valence-corrected chi connectivity index (χ4v) is 2.22. The highest BCUT2D eigenvalue weighted by Gasteiger charge is 2.11. The van der Waals surface area contributed by atoms with Gasteiger partial charge in [-0.15, -0.1) is 0 Å². The number of hydrogen-bond acceptors (Lipinski definition) is 4. The quantitative estimate of drug-likeness (QED) is 0.631. The molecule has 1 atom stereocenters. The monoisotopic (exact) mass is 249 g/mol. The van der Waals surface area contributed by atoms with Crippen LogP contribution in [-0.2, 0) is 6.54 Å². The maximum Gasteiger partial charge on any atom is 0.269 e. The van der Waals surface area contributed by atoms with Gasteiger partial charge in [-0.1, -0.05) is 12.1 Å². The Balaban J connectivity index is 1.83. The van der Waals surface area contributed by atoms with Crippen molar-refractivity contribution >= 4 is 5.69 Å². The van der Waals surface area contributed by atoms with Gasteiger partial charge < -0.3 is 10.6 Å². The smallest absolute Gasteiger partial charge is 0.269 e. The maximum absolute atomic E-state index is 10.5. The topological polar surface area (TPSA) is 67.2 Å². The molecule has 0 spiro atoms. The highest BCUT2D eigenvalue weighted by atomic mass is 16.6. The van der Waals surface area contributed by atoms with Crippen LogP contribution in [-0.4, -0.2) is 24.1 Å². The van der Waals surface area contributed by atoms with Crippen LogP contribution in [0.4, 0.5) is 5.69 Å². The van der Waals surface area contributed by atoms with Crippen LogP contribution in [0.5, 0.6) is 0 Å². The summed E-state index contributed by atoms with van der Waals surface area (Å²) in [5, 5.41) is 17.4. The van der Waals surface area contributed by atoms with E-state index in [0.717, 1.165) is 31.6 Å². The third-order valence-corrected chi connectivity index (χ3v) is 3.32. The van der Waals surface area contributed by atoms with Crippen LogP contribution in [0.1, 0.15) is 24.8 Å². The molecule has 2 N–H and O–H groups in total. The molecule has 0 radical (unpaired) electrons. The van der Waals surface area contributed by atoms with Crippen molar-refractivity contribution < 1.29 is 4.92 Å². The maximum atomic E-state index is 10.5. The highest BCUT2D eigenvalue weighted by Crippen LogP contribution is 2.12. The van der Waals surface area contributed by atoms with Crippen molar-refractivity contribution in [2.45, 2.75) is 31.8 Å². The number of benzene rings is 1. The van der Waals surface area contributed by atoms with E-state index in [0.29, 0.717) is 6.04 Å². The molecule has 1 heterocycles. The first-order valence-corrected chi connectivity index (χ1v) is 6.43. The van der Waals surface area contributed by atoms with Gasteiger partial charge in [-0.2, -0.15) is 0 Å². The van der Waals surface area contributed by atoms with E-state index >= 15 is 0 Å². The van der Waals surface area contributed by atoms with Crippen LogP contribution in [0.2, 0.25) is 0 Å². The lowest BCUT2D eigenvalue weighted by atomic mass is 10.1. The summed E-state index contributed by atoms with van der Waals surface area (Å²) in [4.78, 5) is 10.2. The van der Waals surface area contributed by atoms with Crippen LogP contribution in [0, 0.1) is 10.1 Å². The van der Waals surface area contributed by atoms with Gasteiger partial charge in [0.1, 0.15) is 0 Å². The third-order valence-electron chi connectivity index (χ3n) is 3.32. The molecule has 1 fully saturated rings. The van der Waals surface area contributed by atoms with Crippen LogP contribution in [0.25, 0.3) is 0 Å². The molecular weight excluding hydrogens is 230 g/mol. The summed E-state index contributed by atoms with van der Waals surface area (Å²) < 4.78 is 0. The van der Waals surface area contributed by atoms with Crippen molar-refractivity contribution in [1.29, 1.82) is 0 Å². The minimum atomic E-state index is -0.367. The highest BCUT2D eigenvalue weighted by molar-refractivity contribution is 5.32. The summed E-state index contributed by atoms with van der Waals surface area (Å²) in [6.45, 7) is 2.95. The molecule has 0 saturated carbocycles. The van der Waals surface area contributed by atoms with Crippen molar-refractivity contribution in [3.63, 3.8) is 0 Å². The lowest BCUT2D eigenvalue weighted by Crippen LogP contribution is -2.29. The van der Waals surface area contributed by atoms with Crippen LogP contribution < -0.4 is 10.6 Å².